The van der Waals surface area contributed by atoms with E-state index in [2.05, 4.69) is 5.48 Å². The molecule has 0 aliphatic rings. The molecule has 0 aliphatic carbocycles. The van der Waals surface area contributed by atoms with Gasteiger partial charge < -0.3 is 9.57 Å². The van der Waals surface area contributed by atoms with Crippen LogP contribution in [0.4, 0.5) is 0 Å². The van der Waals surface area contributed by atoms with Crippen molar-refractivity contribution in [3.63, 3.8) is 0 Å². The van der Waals surface area contributed by atoms with E-state index in [0.29, 0.717) is 13.2 Å². The average molecular weight is 175 g/mol. The predicted octanol–water partition coefficient (Wildman–Crippen LogP) is 0.871. The molecule has 0 amide bonds. The molecule has 0 radical (unpaired) electrons. The van der Waals surface area contributed by atoms with Gasteiger partial charge in [0.15, 0.2) is 0 Å². The molecule has 0 aromatic heterocycles. The highest BCUT2D eigenvalue weighted by molar-refractivity contribution is 5.71. The van der Waals surface area contributed by atoms with Gasteiger partial charge in [-0.3, -0.25) is 4.79 Å². The van der Waals surface area contributed by atoms with E-state index in [-0.39, 0.29) is 12.5 Å². The van der Waals surface area contributed by atoms with Gasteiger partial charge >= 0.3 is 5.97 Å². The zero-order valence-electron chi connectivity index (χ0n) is 7.76. The lowest BCUT2D eigenvalue weighted by molar-refractivity contribution is -0.145. The molecule has 0 heterocycles. The van der Waals surface area contributed by atoms with Crippen molar-refractivity contribution < 1.29 is 14.4 Å². The van der Waals surface area contributed by atoms with Crippen LogP contribution in [0.1, 0.15) is 26.7 Å². The summed E-state index contributed by atoms with van der Waals surface area (Å²) in [6.45, 7) is 5.06. The number of rotatable bonds is 7. The second-order valence-corrected chi connectivity index (χ2v) is 2.33. The third-order valence-electron chi connectivity index (χ3n) is 1.22. The third kappa shape index (κ3) is 7.50. The van der Waals surface area contributed by atoms with E-state index in [1.165, 1.54) is 0 Å². The zero-order chi connectivity index (χ0) is 9.23. The molecule has 0 spiro atoms. The maximum Gasteiger partial charge on any atom is 0.322 e. The van der Waals surface area contributed by atoms with Gasteiger partial charge in [-0.25, -0.2) is 0 Å². The summed E-state index contributed by atoms with van der Waals surface area (Å²) in [7, 11) is 0. The predicted molar refractivity (Wildman–Crippen MR) is 45.5 cm³/mol. The van der Waals surface area contributed by atoms with Crippen molar-refractivity contribution in [2.24, 2.45) is 0 Å². The maximum absolute atomic E-state index is 10.8. The van der Waals surface area contributed by atoms with Crippen molar-refractivity contribution in [2.75, 3.05) is 19.8 Å². The van der Waals surface area contributed by atoms with E-state index in [1.54, 1.807) is 0 Å². The van der Waals surface area contributed by atoms with E-state index in [9.17, 15) is 4.79 Å². The number of nitrogens with one attached hydrogen (secondary N) is 1. The molecule has 0 aromatic rings. The topological polar surface area (TPSA) is 47.6 Å². The standard InChI is InChI=1S/C8H17NO3/c1-3-5-6-11-8(10)7-9-12-4-2/h9H,3-7H2,1-2H3. The van der Waals surface area contributed by atoms with Gasteiger partial charge in [0.2, 0.25) is 0 Å². The van der Waals surface area contributed by atoms with Gasteiger partial charge in [-0.2, -0.15) is 5.48 Å². The molecule has 0 aromatic carbocycles. The van der Waals surface area contributed by atoms with Crippen LogP contribution in [-0.4, -0.2) is 25.7 Å². The Labute approximate surface area is 73.2 Å². The Morgan fingerprint density at radius 3 is 2.75 bits per heavy atom. The van der Waals surface area contributed by atoms with Crippen LogP contribution in [0, 0.1) is 0 Å². The first-order valence-corrected chi connectivity index (χ1v) is 4.31. The number of carbonyl (C=O) groups excluding carboxylic acids is 1. The molecule has 12 heavy (non-hydrogen) atoms. The highest BCUT2D eigenvalue weighted by Crippen LogP contribution is 1.87. The van der Waals surface area contributed by atoms with Crippen molar-refractivity contribution in [1.29, 1.82) is 0 Å². The summed E-state index contributed by atoms with van der Waals surface area (Å²) in [5.41, 5.74) is 2.49. The Morgan fingerprint density at radius 1 is 1.42 bits per heavy atom. The summed E-state index contributed by atoms with van der Waals surface area (Å²) < 4.78 is 4.85. The van der Waals surface area contributed by atoms with Gasteiger partial charge in [-0.1, -0.05) is 13.3 Å². The summed E-state index contributed by atoms with van der Waals surface area (Å²) in [4.78, 5) is 15.6. The lowest BCUT2D eigenvalue weighted by Gasteiger charge is -2.04. The molecular weight excluding hydrogens is 158 g/mol. The first-order chi connectivity index (χ1) is 5.81. The number of unbranched alkanes of at least 4 members (excludes halogenated alkanes) is 1. The molecule has 72 valence electrons. The summed E-state index contributed by atoms with van der Waals surface area (Å²) >= 11 is 0. The number of hydrogen-bond acceptors (Lipinski definition) is 4. The Kier molecular flexibility index (Phi) is 8.05. The van der Waals surface area contributed by atoms with Gasteiger partial charge in [-0.15, -0.1) is 0 Å². The van der Waals surface area contributed by atoms with Gasteiger partial charge in [0.25, 0.3) is 0 Å². The second kappa shape index (κ2) is 8.49. The summed E-state index contributed by atoms with van der Waals surface area (Å²) in [5, 5.41) is 0. The Hall–Kier alpha value is -0.610. The fourth-order valence-corrected chi connectivity index (χ4v) is 0.593. The number of hydroxylamine groups is 1. The third-order valence-corrected chi connectivity index (χ3v) is 1.22. The average Bonchev–Trinajstić information content (AvgIpc) is 2.06. The molecule has 0 bridgehead atoms. The lowest BCUT2D eigenvalue weighted by atomic mass is 10.4. The second-order valence-electron chi connectivity index (χ2n) is 2.33. The van der Waals surface area contributed by atoms with E-state index < -0.39 is 0 Å². The van der Waals surface area contributed by atoms with Gasteiger partial charge in [0, 0.05) is 0 Å². The molecule has 0 saturated carbocycles. The molecule has 0 unspecified atom stereocenters. The number of esters is 1. The molecule has 0 aliphatic heterocycles. The first-order valence-electron chi connectivity index (χ1n) is 4.31. The maximum atomic E-state index is 10.8. The van der Waals surface area contributed by atoms with E-state index in [4.69, 9.17) is 9.57 Å². The van der Waals surface area contributed by atoms with Crippen LogP contribution >= 0.6 is 0 Å². The van der Waals surface area contributed by atoms with E-state index in [1.807, 2.05) is 13.8 Å². The van der Waals surface area contributed by atoms with E-state index in [0.717, 1.165) is 12.8 Å². The van der Waals surface area contributed by atoms with Crippen LogP contribution in [0.15, 0.2) is 0 Å². The normalized spacial score (nSPS) is 9.83. The van der Waals surface area contributed by atoms with Crippen molar-refractivity contribution in [3.05, 3.63) is 0 Å². The number of carbonyl (C=O) groups is 1. The zero-order valence-corrected chi connectivity index (χ0v) is 7.76. The van der Waals surface area contributed by atoms with Crippen LogP contribution in [0.5, 0.6) is 0 Å². The quantitative estimate of drug-likeness (QED) is 0.354. The van der Waals surface area contributed by atoms with E-state index >= 15 is 0 Å². The minimum Gasteiger partial charge on any atom is -0.465 e. The molecule has 4 nitrogen and oxygen atoms in total. The fourth-order valence-electron chi connectivity index (χ4n) is 0.593. The van der Waals surface area contributed by atoms with Crippen LogP contribution < -0.4 is 5.48 Å². The summed E-state index contributed by atoms with van der Waals surface area (Å²) in [5.74, 6) is -0.267. The van der Waals surface area contributed by atoms with Crippen LogP contribution in [-0.2, 0) is 14.4 Å². The molecule has 0 saturated heterocycles. The minimum absolute atomic E-state index is 0.123. The van der Waals surface area contributed by atoms with Crippen molar-refractivity contribution in [2.45, 2.75) is 26.7 Å². The molecule has 4 heteroatoms. The summed E-state index contributed by atoms with van der Waals surface area (Å²) in [6, 6.07) is 0. The molecule has 0 rings (SSSR count). The molecule has 0 fully saturated rings. The lowest BCUT2D eigenvalue weighted by Crippen LogP contribution is -2.25. The first kappa shape index (κ1) is 11.4. The van der Waals surface area contributed by atoms with Gasteiger partial charge in [-0.05, 0) is 13.3 Å². The van der Waals surface area contributed by atoms with Crippen LogP contribution in [0.25, 0.3) is 0 Å². The van der Waals surface area contributed by atoms with Crippen LogP contribution in [0.2, 0.25) is 0 Å². The van der Waals surface area contributed by atoms with Gasteiger partial charge in [0.05, 0.1) is 13.2 Å². The Bertz CT molecular complexity index is 105. The van der Waals surface area contributed by atoms with Gasteiger partial charge in [0.1, 0.15) is 6.54 Å². The van der Waals surface area contributed by atoms with Crippen molar-refractivity contribution in [1.82, 2.24) is 5.48 Å². The minimum atomic E-state index is -0.267. The Morgan fingerprint density at radius 2 is 2.17 bits per heavy atom. The summed E-state index contributed by atoms with van der Waals surface area (Å²) in [6.07, 6.45) is 1.95. The van der Waals surface area contributed by atoms with Crippen molar-refractivity contribution in [3.8, 4) is 0 Å². The number of ether oxygens (including phenoxy) is 1. The highest BCUT2D eigenvalue weighted by Gasteiger charge is 1.99. The highest BCUT2D eigenvalue weighted by atomic mass is 16.6. The Balaban J connectivity index is 3.10. The largest absolute Gasteiger partial charge is 0.465 e. The SMILES string of the molecule is CCCCOC(=O)CNOCC. The van der Waals surface area contributed by atoms with Crippen molar-refractivity contribution >= 4 is 5.97 Å². The van der Waals surface area contributed by atoms with Crippen LogP contribution in [0.3, 0.4) is 0 Å². The number of hydrogen-bond donors (Lipinski definition) is 1. The molecule has 1 N–H and O–H groups in total. The molecular formula is C8H17NO3. The smallest absolute Gasteiger partial charge is 0.322 e. The monoisotopic (exact) mass is 175 g/mol. The fraction of sp³-hybridized carbons (Fsp3) is 0.875. The molecule has 0 atom stereocenters.